The molecular formula is C9H8F2N6. The number of hydrogen-bond acceptors (Lipinski definition) is 2. The third-order valence-corrected chi connectivity index (χ3v) is 1.63. The Morgan fingerprint density at radius 1 is 1.18 bits per heavy atom. The number of nitrogens with two attached hydrogens (primary N) is 3. The summed E-state index contributed by atoms with van der Waals surface area (Å²) in [5, 5.41) is 8.45. The van der Waals surface area contributed by atoms with Crippen LogP contribution >= 0.6 is 0 Å². The fourth-order valence-corrected chi connectivity index (χ4v) is 1.02. The first-order valence-electron chi connectivity index (χ1n) is 4.27. The minimum atomic E-state index is -1.04. The Balaban J connectivity index is 3.19. The molecule has 17 heavy (non-hydrogen) atoms. The minimum absolute atomic E-state index is 0.137. The van der Waals surface area contributed by atoms with Gasteiger partial charge in [-0.25, -0.2) is 13.8 Å². The molecule has 88 valence electrons. The topological polar surface area (TPSA) is 127 Å². The molecule has 0 atom stereocenters. The van der Waals surface area contributed by atoms with Crippen molar-refractivity contribution < 1.29 is 8.78 Å². The average Bonchev–Trinajstić information content (AvgIpc) is 2.15. The van der Waals surface area contributed by atoms with Gasteiger partial charge in [-0.05, 0) is 0 Å². The van der Waals surface area contributed by atoms with Gasteiger partial charge in [-0.2, -0.15) is 10.3 Å². The number of nitrogens with zero attached hydrogens (tertiary/aromatic N) is 3. The zero-order valence-electron chi connectivity index (χ0n) is 8.48. The van der Waals surface area contributed by atoms with Crippen LogP contribution in [0.25, 0.3) is 0 Å². The zero-order valence-corrected chi connectivity index (χ0v) is 8.48. The van der Waals surface area contributed by atoms with Crippen LogP contribution in [0.3, 0.4) is 0 Å². The molecular weight excluding hydrogens is 230 g/mol. The number of aliphatic imine (C=N–C) groups is 2. The van der Waals surface area contributed by atoms with Crippen molar-refractivity contribution in [2.75, 3.05) is 0 Å². The average molecular weight is 238 g/mol. The lowest BCUT2D eigenvalue weighted by atomic mass is 10.2. The Hall–Kier alpha value is -2.69. The number of guanidine groups is 2. The molecule has 6 N–H and O–H groups in total. The molecule has 0 aromatic heterocycles. The van der Waals surface area contributed by atoms with E-state index in [0.717, 1.165) is 12.1 Å². The summed E-state index contributed by atoms with van der Waals surface area (Å²) in [6.45, 7) is 0. The summed E-state index contributed by atoms with van der Waals surface area (Å²) in [4.78, 5) is 6.92. The molecule has 0 unspecified atom stereocenters. The zero-order chi connectivity index (χ0) is 13.0. The van der Waals surface area contributed by atoms with Crippen LogP contribution in [-0.4, -0.2) is 11.9 Å². The second-order valence-electron chi connectivity index (χ2n) is 2.90. The molecule has 6 nitrogen and oxygen atoms in total. The molecule has 0 fully saturated rings. The van der Waals surface area contributed by atoms with Gasteiger partial charge in [0.2, 0.25) is 5.96 Å². The molecule has 0 heterocycles. The Kier molecular flexibility index (Phi) is 3.56. The highest BCUT2D eigenvalue weighted by atomic mass is 19.1. The summed E-state index contributed by atoms with van der Waals surface area (Å²) in [5.74, 6) is -2.76. The van der Waals surface area contributed by atoms with E-state index < -0.39 is 17.2 Å². The highest BCUT2D eigenvalue weighted by Crippen LogP contribution is 2.20. The van der Waals surface area contributed by atoms with Gasteiger partial charge in [0, 0.05) is 12.1 Å². The van der Waals surface area contributed by atoms with Gasteiger partial charge in [-0.1, -0.05) is 0 Å². The molecule has 1 aromatic carbocycles. The predicted octanol–water partition coefficient (Wildman–Crippen LogP) is 0.0561. The van der Waals surface area contributed by atoms with E-state index in [9.17, 15) is 8.78 Å². The Morgan fingerprint density at radius 3 is 2.12 bits per heavy atom. The molecule has 0 aliphatic heterocycles. The summed E-state index contributed by atoms with van der Waals surface area (Å²) < 4.78 is 26.3. The first kappa shape index (κ1) is 12.4. The highest BCUT2D eigenvalue weighted by Gasteiger charge is 2.10. The number of nitriles is 1. The Labute approximate surface area is 95.1 Å². The first-order valence-corrected chi connectivity index (χ1v) is 4.27. The smallest absolute Gasteiger partial charge is 0.223 e. The van der Waals surface area contributed by atoms with Crippen LogP contribution in [0.15, 0.2) is 22.1 Å². The van der Waals surface area contributed by atoms with E-state index in [1.54, 1.807) is 0 Å². The fourth-order valence-electron chi connectivity index (χ4n) is 1.02. The number of halogens is 2. The van der Waals surface area contributed by atoms with Crippen molar-refractivity contribution in [3.8, 4) is 6.07 Å². The van der Waals surface area contributed by atoms with Crippen LogP contribution in [0, 0.1) is 23.0 Å². The standard InChI is InChI=1S/C9H8F2N6/c10-6-1-4(2-7(11)5(6)3-12)16-9(15)17-8(13)14/h1-2H,(H6,13,14,15,16,17). The van der Waals surface area contributed by atoms with Gasteiger partial charge in [0.05, 0.1) is 5.69 Å². The van der Waals surface area contributed by atoms with Gasteiger partial charge in [0.25, 0.3) is 0 Å². The first-order chi connectivity index (χ1) is 7.93. The summed E-state index contributed by atoms with van der Waals surface area (Å²) in [6, 6.07) is 3.07. The van der Waals surface area contributed by atoms with Crippen LogP contribution in [0.2, 0.25) is 0 Å². The maximum atomic E-state index is 13.2. The maximum absolute atomic E-state index is 13.2. The second-order valence-corrected chi connectivity index (χ2v) is 2.90. The predicted molar refractivity (Wildman–Crippen MR) is 58.2 cm³/mol. The van der Waals surface area contributed by atoms with Gasteiger partial charge in [0.1, 0.15) is 23.3 Å². The van der Waals surface area contributed by atoms with Crippen LogP contribution in [0.5, 0.6) is 0 Å². The molecule has 0 amide bonds. The lowest BCUT2D eigenvalue weighted by molar-refractivity contribution is 0.577. The van der Waals surface area contributed by atoms with Gasteiger partial charge >= 0.3 is 0 Å². The van der Waals surface area contributed by atoms with E-state index >= 15 is 0 Å². The molecule has 0 spiro atoms. The van der Waals surface area contributed by atoms with Crippen molar-refractivity contribution in [3.63, 3.8) is 0 Å². The third kappa shape index (κ3) is 3.13. The van der Waals surface area contributed by atoms with E-state index in [1.807, 2.05) is 0 Å². The molecule has 8 heteroatoms. The maximum Gasteiger partial charge on any atom is 0.223 e. The molecule has 1 aromatic rings. The summed E-state index contributed by atoms with van der Waals surface area (Å²) in [7, 11) is 0. The SMILES string of the molecule is N#Cc1c(F)cc(N=C(N)N=C(N)N)cc1F. The number of rotatable bonds is 1. The van der Waals surface area contributed by atoms with Gasteiger partial charge in [0.15, 0.2) is 5.96 Å². The van der Waals surface area contributed by atoms with Crippen LogP contribution in [0.1, 0.15) is 5.56 Å². The van der Waals surface area contributed by atoms with Crippen molar-refractivity contribution in [2.45, 2.75) is 0 Å². The Morgan fingerprint density at radius 2 is 1.71 bits per heavy atom. The minimum Gasteiger partial charge on any atom is -0.370 e. The van der Waals surface area contributed by atoms with Gasteiger partial charge in [-0.3, -0.25) is 0 Å². The summed E-state index contributed by atoms with van der Waals surface area (Å²) >= 11 is 0. The van der Waals surface area contributed by atoms with E-state index in [4.69, 9.17) is 22.5 Å². The van der Waals surface area contributed by atoms with Crippen molar-refractivity contribution >= 4 is 17.6 Å². The van der Waals surface area contributed by atoms with Crippen LogP contribution in [-0.2, 0) is 0 Å². The molecule has 0 saturated carbocycles. The molecule has 0 radical (unpaired) electrons. The van der Waals surface area contributed by atoms with Crippen molar-refractivity contribution in [1.82, 2.24) is 0 Å². The second kappa shape index (κ2) is 4.89. The highest BCUT2D eigenvalue weighted by molar-refractivity contribution is 5.93. The van der Waals surface area contributed by atoms with Crippen molar-refractivity contribution in [3.05, 3.63) is 29.3 Å². The molecule has 1 rings (SSSR count). The van der Waals surface area contributed by atoms with E-state index in [-0.39, 0.29) is 17.6 Å². The Bertz CT molecular complexity index is 516. The van der Waals surface area contributed by atoms with Crippen LogP contribution in [0.4, 0.5) is 14.5 Å². The number of hydrogen-bond donors (Lipinski definition) is 3. The molecule has 0 aliphatic carbocycles. The third-order valence-electron chi connectivity index (χ3n) is 1.63. The van der Waals surface area contributed by atoms with E-state index in [1.165, 1.54) is 6.07 Å². The quantitative estimate of drug-likeness (QED) is 0.472. The van der Waals surface area contributed by atoms with Crippen LogP contribution < -0.4 is 17.2 Å². The summed E-state index contributed by atoms with van der Waals surface area (Å²) in [6.07, 6.45) is 0. The largest absolute Gasteiger partial charge is 0.370 e. The van der Waals surface area contributed by atoms with Crippen molar-refractivity contribution in [1.29, 1.82) is 5.26 Å². The molecule has 0 bridgehead atoms. The summed E-state index contributed by atoms with van der Waals surface area (Å²) in [5.41, 5.74) is 14.5. The monoisotopic (exact) mass is 238 g/mol. The normalized spacial score (nSPS) is 10.8. The number of benzene rings is 1. The van der Waals surface area contributed by atoms with E-state index in [0.29, 0.717) is 0 Å². The lowest BCUT2D eigenvalue weighted by Crippen LogP contribution is -2.26. The van der Waals surface area contributed by atoms with E-state index in [2.05, 4.69) is 9.98 Å². The molecule has 0 aliphatic rings. The van der Waals surface area contributed by atoms with Crippen molar-refractivity contribution in [2.24, 2.45) is 27.2 Å². The fraction of sp³-hybridized carbons (Fsp3) is 0. The van der Waals surface area contributed by atoms with Gasteiger partial charge < -0.3 is 17.2 Å². The lowest BCUT2D eigenvalue weighted by Gasteiger charge is -1.99. The van der Waals surface area contributed by atoms with Gasteiger partial charge in [-0.15, -0.1) is 0 Å². The molecule has 0 saturated heterocycles.